The molecule has 2 aromatic carbocycles. The average Bonchev–Trinajstić information content (AvgIpc) is 2.36. The SMILES string of the molecule is O=C(Cc1ccccc1F)Nc1ccc(I)cc1Br. The molecule has 0 saturated carbocycles. The van der Waals surface area contributed by atoms with Gasteiger partial charge in [-0.3, -0.25) is 4.79 Å². The Morgan fingerprint density at radius 2 is 2.00 bits per heavy atom. The largest absolute Gasteiger partial charge is 0.325 e. The zero-order chi connectivity index (χ0) is 13.8. The highest BCUT2D eigenvalue weighted by atomic mass is 127. The maximum atomic E-state index is 13.4. The molecule has 0 aliphatic heterocycles. The van der Waals surface area contributed by atoms with Gasteiger partial charge in [-0.25, -0.2) is 4.39 Å². The fraction of sp³-hybridized carbons (Fsp3) is 0.0714. The van der Waals surface area contributed by atoms with Gasteiger partial charge in [0, 0.05) is 8.04 Å². The minimum Gasteiger partial charge on any atom is -0.325 e. The molecule has 2 nitrogen and oxygen atoms in total. The molecule has 0 saturated heterocycles. The molecule has 0 aliphatic carbocycles. The standard InChI is InChI=1S/C14H10BrFINO/c15-11-8-10(17)5-6-13(11)18-14(19)7-9-3-1-2-4-12(9)16/h1-6,8H,7H2,(H,18,19). The Hall–Kier alpha value is -0.950. The van der Waals surface area contributed by atoms with E-state index in [2.05, 4.69) is 43.8 Å². The van der Waals surface area contributed by atoms with Crippen molar-refractivity contribution in [3.05, 3.63) is 61.9 Å². The number of carbonyl (C=O) groups is 1. The van der Waals surface area contributed by atoms with Gasteiger partial charge in [0.1, 0.15) is 5.82 Å². The monoisotopic (exact) mass is 433 g/mol. The first-order valence-electron chi connectivity index (χ1n) is 5.54. The summed E-state index contributed by atoms with van der Waals surface area (Å²) in [6, 6.07) is 11.9. The summed E-state index contributed by atoms with van der Waals surface area (Å²) >= 11 is 5.57. The first-order chi connectivity index (χ1) is 9.06. The molecule has 0 spiro atoms. The molecule has 5 heteroatoms. The predicted molar refractivity (Wildman–Crippen MR) is 85.6 cm³/mol. The first kappa shape index (κ1) is 14.5. The highest BCUT2D eigenvalue weighted by Gasteiger charge is 2.09. The predicted octanol–water partition coefficient (Wildman–Crippen LogP) is 4.37. The van der Waals surface area contributed by atoms with E-state index in [1.54, 1.807) is 18.2 Å². The van der Waals surface area contributed by atoms with Crippen LogP contribution in [-0.2, 0) is 11.2 Å². The number of carbonyl (C=O) groups excluding carboxylic acids is 1. The van der Waals surface area contributed by atoms with Gasteiger partial charge in [0.15, 0.2) is 0 Å². The third-order valence-corrected chi connectivity index (χ3v) is 3.84. The van der Waals surface area contributed by atoms with E-state index in [0.717, 1.165) is 8.04 Å². The summed E-state index contributed by atoms with van der Waals surface area (Å²) in [5.74, 6) is -0.605. The zero-order valence-electron chi connectivity index (χ0n) is 9.79. The van der Waals surface area contributed by atoms with E-state index in [-0.39, 0.29) is 18.1 Å². The lowest BCUT2D eigenvalue weighted by Gasteiger charge is -2.08. The third kappa shape index (κ3) is 4.01. The van der Waals surface area contributed by atoms with Crippen LogP contribution in [0.4, 0.5) is 10.1 Å². The second-order valence-electron chi connectivity index (χ2n) is 3.94. The minimum absolute atomic E-state index is 0.0189. The topological polar surface area (TPSA) is 29.1 Å². The molecular weight excluding hydrogens is 424 g/mol. The Morgan fingerprint density at radius 1 is 1.26 bits per heavy atom. The maximum absolute atomic E-state index is 13.4. The van der Waals surface area contributed by atoms with Crippen molar-refractivity contribution in [3.8, 4) is 0 Å². The average molecular weight is 434 g/mol. The highest BCUT2D eigenvalue weighted by molar-refractivity contribution is 14.1. The van der Waals surface area contributed by atoms with Crippen LogP contribution in [0.5, 0.6) is 0 Å². The Balaban J connectivity index is 2.08. The van der Waals surface area contributed by atoms with Crippen LogP contribution in [0, 0.1) is 9.39 Å². The lowest BCUT2D eigenvalue weighted by atomic mass is 10.1. The Bertz CT molecular complexity index is 618. The number of hydrogen-bond donors (Lipinski definition) is 1. The molecule has 0 bridgehead atoms. The molecule has 19 heavy (non-hydrogen) atoms. The second-order valence-corrected chi connectivity index (χ2v) is 6.04. The van der Waals surface area contributed by atoms with Gasteiger partial charge in [-0.05, 0) is 68.3 Å². The van der Waals surface area contributed by atoms with Crippen LogP contribution in [0.3, 0.4) is 0 Å². The van der Waals surface area contributed by atoms with Gasteiger partial charge in [-0.15, -0.1) is 0 Å². The number of amides is 1. The Morgan fingerprint density at radius 3 is 2.68 bits per heavy atom. The molecule has 0 aromatic heterocycles. The fourth-order valence-corrected chi connectivity index (χ4v) is 3.00. The summed E-state index contributed by atoms with van der Waals surface area (Å²) in [6.45, 7) is 0. The van der Waals surface area contributed by atoms with Crippen LogP contribution in [0.15, 0.2) is 46.9 Å². The molecule has 0 heterocycles. The maximum Gasteiger partial charge on any atom is 0.228 e. The van der Waals surface area contributed by atoms with Crippen LogP contribution in [0.2, 0.25) is 0 Å². The van der Waals surface area contributed by atoms with Crippen molar-refractivity contribution in [3.63, 3.8) is 0 Å². The summed E-state index contributed by atoms with van der Waals surface area (Å²) in [6.07, 6.45) is 0.0189. The number of halogens is 3. The van der Waals surface area contributed by atoms with Gasteiger partial charge in [-0.1, -0.05) is 18.2 Å². The summed E-state index contributed by atoms with van der Waals surface area (Å²) in [7, 11) is 0. The molecule has 1 amide bonds. The van der Waals surface area contributed by atoms with Crippen LogP contribution < -0.4 is 5.32 Å². The smallest absolute Gasteiger partial charge is 0.228 e. The molecule has 0 unspecified atom stereocenters. The van der Waals surface area contributed by atoms with Gasteiger partial charge < -0.3 is 5.32 Å². The first-order valence-corrected chi connectivity index (χ1v) is 7.42. The Labute approximate surface area is 132 Å². The third-order valence-electron chi connectivity index (χ3n) is 2.51. The van der Waals surface area contributed by atoms with Crippen LogP contribution in [-0.4, -0.2) is 5.91 Å². The molecular formula is C14H10BrFINO. The van der Waals surface area contributed by atoms with E-state index in [1.807, 2.05) is 18.2 Å². The number of hydrogen-bond acceptors (Lipinski definition) is 1. The molecule has 0 radical (unpaired) electrons. The van der Waals surface area contributed by atoms with Crippen molar-refractivity contribution in [1.82, 2.24) is 0 Å². The summed E-state index contributed by atoms with van der Waals surface area (Å²) in [5, 5.41) is 2.76. The van der Waals surface area contributed by atoms with E-state index in [1.165, 1.54) is 6.07 Å². The van der Waals surface area contributed by atoms with Gasteiger partial charge in [-0.2, -0.15) is 0 Å². The van der Waals surface area contributed by atoms with E-state index >= 15 is 0 Å². The van der Waals surface area contributed by atoms with Crippen molar-refractivity contribution in [2.24, 2.45) is 0 Å². The summed E-state index contributed by atoms with van der Waals surface area (Å²) < 4.78 is 15.3. The van der Waals surface area contributed by atoms with Crippen molar-refractivity contribution >= 4 is 50.1 Å². The normalized spacial score (nSPS) is 10.3. The lowest BCUT2D eigenvalue weighted by Crippen LogP contribution is -2.15. The zero-order valence-corrected chi connectivity index (χ0v) is 13.5. The van der Waals surface area contributed by atoms with Crippen molar-refractivity contribution < 1.29 is 9.18 Å². The van der Waals surface area contributed by atoms with Crippen molar-refractivity contribution in [1.29, 1.82) is 0 Å². The van der Waals surface area contributed by atoms with Crippen LogP contribution in [0.25, 0.3) is 0 Å². The van der Waals surface area contributed by atoms with E-state index < -0.39 is 0 Å². The fourth-order valence-electron chi connectivity index (χ4n) is 1.60. The summed E-state index contributed by atoms with van der Waals surface area (Å²) in [4.78, 5) is 11.9. The molecule has 1 N–H and O–H groups in total. The lowest BCUT2D eigenvalue weighted by molar-refractivity contribution is -0.115. The minimum atomic E-state index is -0.362. The number of rotatable bonds is 3. The number of nitrogens with one attached hydrogen (secondary N) is 1. The molecule has 0 fully saturated rings. The van der Waals surface area contributed by atoms with Gasteiger partial charge >= 0.3 is 0 Å². The number of anilines is 1. The van der Waals surface area contributed by atoms with E-state index in [0.29, 0.717) is 11.3 Å². The van der Waals surface area contributed by atoms with Gasteiger partial charge in [0.25, 0.3) is 0 Å². The molecule has 2 aromatic rings. The van der Waals surface area contributed by atoms with E-state index in [9.17, 15) is 9.18 Å². The molecule has 0 atom stereocenters. The molecule has 98 valence electrons. The summed E-state index contributed by atoms with van der Waals surface area (Å²) in [5.41, 5.74) is 1.07. The van der Waals surface area contributed by atoms with Crippen LogP contribution >= 0.6 is 38.5 Å². The van der Waals surface area contributed by atoms with Crippen molar-refractivity contribution in [2.75, 3.05) is 5.32 Å². The second kappa shape index (κ2) is 6.47. The quantitative estimate of drug-likeness (QED) is 0.715. The van der Waals surface area contributed by atoms with Gasteiger partial charge in [0.05, 0.1) is 12.1 Å². The van der Waals surface area contributed by atoms with Crippen LogP contribution in [0.1, 0.15) is 5.56 Å². The molecule has 0 aliphatic rings. The van der Waals surface area contributed by atoms with E-state index in [4.69, 9.17) is 0 Å². The molecule has 2 rings (SSSR count). The van der Waals surface area contributed by atoms with Crippen molar-refractivity contribution in [2.45, 2.75) is 6.42 Å². The number of benzene rings is 2. The Kier molecular flexibility index (Phi) is 4.93. The van der Waals surface area contributed by atoms with Gasteiger partial charge in [0.2, 0.25) is 5.91 Å². The highest BCUT2D eigenvalue weighted by Crippen LogP contribution is 2.24.